The molecule has 0 atom stereocenters. The highest BCUT2D eigenvalue weighted by atomic mass is 19.1. The number of benzene rings is 2. The van der Waals surface area contributed by atoms with E-state index < -0.39 is 4.92 Å². The molecule has 2 aromatic rings. The number of nitrogens with two attached hydrogens (primary N) is 1. The van der Waals surface area contributed by atoms with Gasteiger partial charge in [0.15, 0.2) is 0 Å². The van der Waals surface area contributed by atoms with Crippen LogP contribution in [0, 0.1) is 15.9 Å². The minimum Gasteiger partial charge on any atom is -0.397 e. The van der Waals surface area contributed by atoms with E-state index in [1.54, 1.807) is 12.1 Å². The molecule has 0 heterocycles. The first-order valence-electron chi connectivity index (χ1n) is 7.85. The molecule has 0 aromatic heterocycles. The summed E-state index contributed by atoms with van der Waals surface area (Å²) >= 11 is 0. The van der Waals surface area contributed by atoms with E-state index >= 15 is 0 Å². The van der Waals surface area contributed by atoms with E-state index in [1.165, 1.54) is 24.3 Å². The molecule has 0 saturated heterocycles. The van der Waals surface area contributed by atoms with Crippen molar-refractivity contribution in [2.45, 2.75) is 26.2 Å². The number of nitro benzene ring substituents is 1. The zero-order chi connectivity index (χ0) is 18.8. The molecule has 0 aliphatic rings. The van der Waals surface area contributed by atoms with Crippen LogP contribution in [-0.4, -0.2) is 11.5 Å². The lowest BCUT2D eigenvalue weighted by molar-refractivity contribution is -0.384. The van der Waals surface area contributed by atoms with Gasteiger partial charge in [-0.15, -0.1) is 0 Å². The van der Waals surface area contributed by atoms with Crippen LogP contribution < -0.4 is 11.1 Å². The first-order valence-corrected chi connectivity index (χ1v) is 7.85. The molecule has 2 rings (SSSR count). The number of anilines is 2. The van der Waals surface area contributed by atoms with Gasteiger partial charge in [-0.25, -0.2) is 4.39 Å². The van der Waals surface area contributed by atoms with Crippen molar-refractivity contribution in [3.63, 3.8) is 0 Å². The van der Waals surface area contributed by atoms with Crippen LogP contribution in [0.1, 0.15) is 31.9 Å². The fourth-order valence-electron chi connectivity index (χ4n) is 2.70. The maximum Gasteiger partial charge on any atom is 0.271 e. The Kier molecular flexibility index (Phi) is 5.11. The topological polar surface area (TPSA) is 81.2 Å². The number of rotatable bonds is 6. The Morgan fingerprint density at radius 2 is 2.00 bits per heavy atom. The largest absolute Gasteiger partial charge is 0.397 e. The van der Waals surface area contributed by atoms with E-state index in [2.05, 4.69) is 11.9 Å². The van der Waals surface area contributed by atoms with Gasteiger partial charge in [-0.3, -0.25) is 10.1 Å². The van der Waals surface area contributed by atoms with Gasteiger partial charge in [0.2, 0.25) is 0 Å². The number of non-ortho nitro benzene ring substituents is 1. The van der Waals surface area contributed by atoms with Crippen LogP contribution in [0.2, 0.25) is 0 Å². The predicted molar refractivity (Wildman–Crippen MR) is 100 cm³/mol. The Morgan fingerprint density at radius 3 is 2.56 bits per heavy atom. The SMILES string of the molecule is C=C(C)c1cc(F)ccc1C(C)(C)CNc1ccc([N+](=O)[O-])cc1N. The number of allylic oxidation sites excluding steroid dienone is 1. The Balaban J connectivity index is 2.25. The normalized spacial score (nSPS) is 11.2. The molecule has 0 saturated carbocycles. The van der Waals surface area contributed by atoms with E-state index in [9.17, 15) is 14.5 Å². The molecule has 6 heteroatoms. The first-order chi connectivity index (χ1) is 11.6. The number of nitrogens with zero attached hydrogens (tertiary/aromatic N) is 1. The van der Waals surface area contributed by atoms with Crippen molar-refractivity contribution in [3.8, 4) is 0 Å². The average molecular weight is 343 g/mol. The summed E-state index contributed by atoms with van der Waals surface area (Å²) < 4.78 is 13.6. The molecular formula is C19H22FN3O2. The Hall–Kier alpha value is -2.89. The molecular weight excluding hydrogens is 321 g/mol. The lowest BCUT2D eigenvalue weighted by atomic mass is 9.80. The molecule has 132 valence electrons. The summed E-state index contributed by atoms with van der Waals surface area (Å²) in [5, 5.41) is 14.0. The zero-order valence-electron chi connectivity index (χ0n) is 14.6. The lowest BCUT2D eigenvalue weighted by Crippen LogP contribution is -2.29. The molecule has 0 unspecified atom stereocenters. The van der Waals surface area contributed by atoms with Crippen LogP contribution >= 0.6 is 0 Å². The molecule has 25 heavy (non-hydrogen) atoms. The van der Waals surface area contributed by atoms with Crippen molar-refractivity contribution in [3.05, 3.63) is 70.0 Å². The number of halogens is 1. The second-order valence-electron chi connectivity index (χ2n) is 6.74. The standard InChI is InChI=1S/C19H22FN3O2/c1-12(2)15-9-13(20)5-7-16(15)19(3,4)11-22-18-8-6-14(23(24)25)10-17(18)21/h5-10,22H,1,11,21H2,2-4H3. The van der Waals surface area contributed by atoms with Crippen molar-refractivity contribution in [2.24, 2.45) is 0 Å². The zero-order valence-corrected chi connectivity index (χ0v) is 14.6. The van der Waals surface area contributed by atoms with Gasteiger partial charge in [0.05, 0.1) is 16.3 Å². The molecule has 0 bridgehead atoms. The fourth-order valence-corrected chi connectivity index (χ4v) is 2.70. The summed E-state index contributed by atoms with van der Waals surface area (Å²) in [6.07, 6.45) is 0. The third-order valence-corrected chi connectivity index (χ3v) is 4.14. The van der Waals surface area contributed by atoms with Crippen LogP contribution in [0.25, 0.3) is 5.57 Å². The highest BCUT2D eigenvalue weighted by Gasteiger charge is 2.24. The average Bonchev–Trinajstić information content (AvgIpc) is 2.53. The Bertz CT molecular complexity index is 831. The quantitative estimate of drug-likeness (QED) is 0.451. The second kappa shape index (κ2) is 6.93. The van der Waals surface area contributed by atoms with Crippen LogP contribution in [0.4, 0.5) is 21.5 Å². The van der Waals surface area contributed by atoms with E-state index in [4.69, 9.17) is 5.73 Å². The van der Waals surface area contributed by atoms with Crippen LogP contribution in [0.3, 0.4) is 0 Å². The van der Waals surface area contributed by atoms with Crippen LogP contribution in [-0.2, 0) is 5.41 Å². The third-order valence-electron chi connectivity index (χ3n) is 4.14. The Morgan fingerprint density at radius 1 is 1.32 bits per heavy atom. The van der Waals surface area contributed by atoms with E-state index in [-0.39, 0.29) is 16.9 Å². The molecule has 0 aliphatic heterocycles. The molecule has 5 nitrogen and oxygen atoms in total. The highest BCUT2D eigenvalue weighted by molar-refractivity contribution is 5.70. The van der Waals surface area contributed by atoms with E-state index in [1.807, 2.05) is 20.8 Å². The number of hydrogen-bond acceptors (Lipinski definition) is 4. The van der Waals surface area contributed by atoms with E-state index in [0.29, 0.717) is 17.9 Å². The molecule has 0 fully saturated rings. The minimum absolute atomic E-state index is 0.0505. The summed E-state index contributed by atoms with van der Waals surface area (Å²) in [6.45, 7) is 10.3. The second-order valence-corrected chi connectivity index (χ2v) is 6.74. The number of nitrogen functional groups attached to an aromatic ring is 1. The molecule has 0 spiro atoms. The van der Waals surface area contributed by atoms with Gasteiger partial charge >= 0.3 is 0 Å². The summed E-state index contributed by atoms with van der Waals surface area (Å²) in [5.74, 6) is -0.301. The lowest BCUT2D eigenvalue weighted by Gasteiger charge is -2.29. The van der Waals surface area contributed by atoms with Gasteiger partial charge in [0.25, 0.3) is 5.69 Å². The first kappa shape index (κ1) is 18.4. The minimum atomic E-state index is -0.484. The van der Waals surface area contributed by atoms with Gasteiger partial charge in [-0.05, 0) is 36.2 Å². The van der Waals surface area contributed by atoms with Crippen LogP contribution in [0.15, 0.2) is 43.0 Å². The van der Waals surface area contributed by atoms with Gasteiger partial charge in [-0.2, -0.15) is 0 Å². The third kappa shape index (κ3) is 4.15. The maximum atomic E-state index is 13.6. The predicted octanol–water partition coefficient (Wildman–Crippen LogP) is 4.74. The summed E-state index contributed by atoms with van der Waals surface area (Å²) in [7, 11) is 0. The smallest absolute Gasteiger partial charge is 0.271 e. The molecule has 0 radical (unpaired) electrons. The number of nitro groups is 1. The van der Waals surface area contributed by atoms with Gasteiger partial charge in [0.1, 0.15) is 5.82 Å². The van der Waals surface area contributed by atoms with Gasteiger partial charge in [-0.1, -0.05) is 32.1 Å². The Labute approximate surface area is 146 Å². The molecule has 2 aromatic carbocycles. The van der Waals surface area contributed by atoms with Crippen molar-refractivity contribution in [2.75, 3.05) is 17.6 Å². The van der Waals surface area contributed by atoms with Crippen molar-refractivity contribution >= 4 is 22.6 Å². The number of hydrogen-bond donors (Lipinski definition) is 2. The van der Waals surface area contributed by atoms with E-state index in [0.717, 1.165) is 16.7 Å². The van der Waals surface area contributed by atoms with Crippen molar-refractivity contribution in [1.82, 2.24) is 0 Å². The maximum absolute atomic E-state index is 13.6. The molecule has 0 aliphatic carbocycles. The van der Waals surface area contributed by atoms with Gasteiger partial charge < -0.3 is 11.1 Å². The monoisotopic (exact) mass is 343 g/mol. The highest BCUT2D eigenvalue weighted by Crippen LogP contribution is 2.32. The summed E-state index contributed by atoms with van der Waals surface area (Å²) in [5.41, 5.74) is 8.98. The van der Waals surface area contributed by atoms with Crippen molar-refractivity contribution < 1.29 is 9.31 Å². The summed E-state index contributed by atoms with van der Waals surface area (Å²) in [4.78, 5) is 10.3. The van der Waals surface area contributed by atoms with Crippen LogP contribution in [0.5, 0.6) is 0 Å². The molecule has 3 N–H and O–H groups in total. The van der Waals surface area contributed by atoms with Crippen molar-refractivity contribution in [1.29, 1.82) is 0 Å². The van der Waals surface area contributed by atoms with Gasteiger partial charge in [0, 0.05) is 24.1 Å². The molecule has 0 amide bonds. The summed E-state index contributed by atoms with van der Waals surface area (Å²) in [6, 6.07) is 9.01. The number of nitrogens with one attached hydrogen (secondary N) is 1. The fraction of sp³-hybridized carbons (Fsp3) is 0.263.